The van der Waals surface area contributed by atoms with E-state index in [0.717, 1.165) is 11.5 Å². The van der Waals surface area contributed by atoms with Crippen LogP contribution in [0.5, 0.6) is 0 Å². The van der Waals surface area contributed by atoms with Crippen molar-refractivity contribution in [2.45, 2.75) is 13.8 Å². The zero-order valence-corrected chi connectivity index (χ0v) is 5.22. The Bertz CT molecular complexity index is 26.7. The molecule has 0 fully saturated rings. The summed E-state index contributed by atoms with van der Waals surface area (Å²) in [4.78, 5) is 0. The van der Waals surface area contributed by atoms with Gasteiger partial charge in [0.1, 0.15) is 11.5 Å². The Kier molecular flexibility index (Phi) is 3.68. The summed E-state index contributed by atoms with van der Waals surface area (Å²) in [6.45, 7) is 4.24. The molecule has 2 N–H and O–H groups in total. The number of nitrogens with two attached hydrogens (primary N) is 1. The summed E-state index contributed by atoms with van der Waals surface area (Å²) < 4.78 is 0. The maximum atomic E-state index is 5.50. The molecule has 0 amide bonds. The molecule has 0 aromatic rings. The standard InChI is InChI=1S/C4H12NS/c1-3-6(5)4-2/h3-5H2,1-2H3/q+1. The second-order valence-corrected chi connectivity index (χ2v) is 3.34. The molecule has 0 bridgehead atoms. The van der Waals surface area contributed by atoms with Crippen LogP contribution in [0.15, 0.2) is 0 Å². The van der Waals surface area contributed by atoms with E-state index in [-0.39, 0.29) is 11.1 Å². The van der Waals surface area contributed by atoms with Crippen molar-refractivity contribution in [2.24, 2.45) is 5.14 Å². The first-order valence-electron chi connectivity index (χ1n) is 2.23. The van der Waals surface area contributed by atoms with Crippen molar-refractivity contribution in [3.05, 3.63) is 0 Å². The molecule has 0 spiro atoms. The van der Waals surface area contributed by atoms with Crippen molar-refractivity contribution >= 4 is 11.1 Å². The van der Waals surface area contributed by atoms with Crippen LogP contribution >= 0.6 is 0 Å². The van der Waals surface area contributed by atoms with E-state index in [9.17, 15) is 0 Å². The zero-order valence-electron chi connectivity index (χ0n) is 4.40. The lowest BCUT2D eigenvalue weighted by molar-refractivity contribution is 1.42. The Labute approximate surface area is 42.4 Å². The van der Waals surface area contributed by atoms with Gasteiger partial charge in [-0.05, 0) is 13.8 Å². The van der Waals surface area contributed by atoms with Crippen molar-refractivity contribution in [1.82, 2.24) is 0 Å². The Hall–Kier alpha value is 0.310. The molecule has 0 aliphatic heterocycles. The van der Waals surface area contributed by atoms with Crippen molar-refractivity contribution < 1.29 is 0 Å². The normalized spacial score (nSPS) is 10.0. The molecule has 38 valence electrons. The van der Waals surface area contributed by atoms with E-state index < -0.39 is 0 Å². The second kappa shape index (κ2) is 3.50. The van der Waals surface area contributed by atoms with Gasteiger partial charge in [-0.2, -0.15) is 5.14 Å². The molecule has 0 rings (SSSR count). The van der Waals surface area contributed by atoms with E-state index in [1.54, 1.807) is 0 Å². The largest absolute Gasteiger partial charge is 0.151 e. The van der Waals surface area contributed by atoms with Crippen LogP contribution in [0.2, 0.25) is 0 Å². The first-order valence-corrected chi connectivity index (χ1v) is 3.85. The predicted octanol–water partition coefficient (Wildman–Crippen LogP) is 0.518. The molecule has 0 aliphatic rings. The fourth-order valence-electron chi connectivity index (χ4n) is 0.204. The summed E-state index contributed by atoms with van der Waals surface area (Å²) in [5, 5.41) is 5.50. The molecule has 0 radical (unpaired) electrons. The zero-order chi connectivity index (χ0) is 4.99. The first kappa shape index (κ1) is 6.31. The van der Waals surface area contributed by atoms with E-state index >= 15 is 0 Å². The summed E-state index contributed by atoms with van der Waals surface area (Å²) >= 11 is 0.216. The third-order valence-electron chi connectivity index (χ3n) is 0.742. The molecule has 0 aromatic carbocycles. The average molecular weight is 106 g/mol. The first-order chi connectivity index (χ1) is 2.81. The van der Waals surface area contributed by atoms with Crippen molar-refractivity contribution in [2.75, 3.05) is 11.5 Å². The summed E-state index contributed by atoms with van der Waals surface area (Å²) in [6.07, 6.45) is 0. The Morgan fingerprint density at radius 3 is 1.67 bits per heavy atom. The fourth-order valence-corrected chi connectivity index (χ4v) is 0.612. The van der Waals surface area contributed by atoms with Crippen LogP contribution < -0.4 is 5.14 Å². The lowest BCUT2D eigenvalue weighted by atomic mass is 11.0. The Morgan fingerprint density at radius 1 is 1.33 bits per heavy atom. The summed E-state index contributed by atoms with van der Waals surface area (Å²) in [7, 11) is 0. The lowest BCUT2D eigenvalue weighted by Gasteiger charge is -1.88. The molecular formula is C4H12NS+. The lowest BCUT2D eigenvalue weighted by Crippen LogP contribution is -2.17. The van der Waals surface area contributed by atoms with E-state index in [1.165, 1.54) is 0 Å². The monoisotopic (exact) mass is 106 g/mol. The minimum absolute atomic E-state index is 0.216. The summed E-state index contributed by atoms with van der Waals surface area (Å²) in [6, 6.07) is 0. The molecule has 0 unspecified atom stereocenters. The van der Waals surface area contributed by atoms with Gasteiger partial charge >= 0.3 is 0 Å². The molecule has 0 heterocycles. The van der Waals surface area contributed by atoms with E-state index in [4.69, 9.17) is 5.14 Å². The SMILES string of the molecule is CC[S+](N)CC. The van der Waals surface area contributed by atoms with Gasteiger partial charge in [0.15, 0.2) is 0 Å². The van der Waals surface area contributed by atoms with Gasteiger partial charge < -0.3 is 0 Å². The molecule has 2 heteroatoms. The molecule has 1 nitrogen and oxygen atoms in total. The minimum Gasteiger partial charge on any atom is -0.151 e. The van der Waals surface area contributed by atoms with Gasteiger partial charge in [-0.25, -0.2) is 0 Å². The molecular weight excluding hydrogens is 94.1 g/mol. The summed E-state index contributed by atoms with van der Waals surface area (Å²) in [5.41, 5.74) is 0. The molecule has 0 saturated heterocycles. The van der Waals surface area contributed by atoms with Crippen molar-refractivity contribution in [3.63, 3.8) is 0 Å². The van der Waals surface area contributed by atoms with E-state index in [0.29, 0.717) is 0 Å². The molecule has 0 saturated carbocycles. The molecule has 0 atom stereocenters. The minimum atomic E-state index is 0.216. The Morgan fingerprint density at radius 2 is 1.67 bits per heavy atom. The van der Waals surface area contributed by atoms with Gasteiger partial charge in [-0.3, -0.25) is 0 Å². The third kappa shape index (κ3) is 2.54. The van der Waals surface area contributed by atoms with Gasteiger partial charge in [-0.1, -0.05) is 0 Å². The van der Waals surface area contributed by atoms with Gasteiger partial charge in [0, 0.05) is 0 Å². The van der Waals surface area contributed by atoms with Crippen LogP contribution in [0.3, 0.4) is 0 Å². The molecule has 6 heavy (non-hydrogen) atoms. The Balaban J connectivity index is 2.75. The van der Waals surface area contributed by atoms with E-state index in [1.807, 2.05) is 0 Å². The third-order valence-corrected chi connectivity index (χ3v) is 2.22. The maximum Gasteiger partial charge on any atom is 0.124 e. The van der Waals surface area contributed by atoms with Gasteiger partial charge in [0.25, 0.3) is 0 Å². The van der Waals surface area contributed by atoms with Crippen LogP contribution in [0.4, 0.5) is 0 Å². The van der Waals surface area contributed by atoms with E-state index in [2.05, 4.69) is 13.8 Å². The molecule has 0 aromatic heterocycles. The smallest absolute Gasteiger partial charge is 0.124 e. The highest BCUT2D eigenvalue weighted by atomic mass is 32.2. The topological polar surface area (TPSA) is 26.0 Å². The second-order valence-electron chi connectivity index (χ2n) is 1.11. The fraction of sp³-hybridized carbons (Fsp3) is 1.00. The highest BCUT2D eigenvalue weighted by molar-refractivity contribution is 7.94. The van der Waals surface area contributed by atoms with Gasteiger partial charge in [0.05, 0.1) is 11.1 Å². The van der Waals surface area contributed by atoms with Crippen molar-refractivity contribution in [1.29, 1.82) is 0 Å². The predicted molar refractivity (Wildman–Crippen MR) is 32.6 cm³/mol. The van der Waals surface area contributed by atoms with Crippen LogP contribution in [0.1, 0.15) is 13.8 Å². The quantitative estimate of drug-likeness (QED) is 0.510. The summed E-state index contributed by atoms with van der Waals surface area (Å²) in [5.74, 6) is 2.27. The average Bonchev–Trinajstić information content (AvgIpc) is 1.65. The number of hydrogen-bond acceptors (Lipinski definition) is 1. The van der Waals surface area contributed by atoms with Crippen LogP contribution in [0, 0.1) is 0 Å². The maximum absolute atomic E-state index is 5.50. The number of rotatable bonds is 2. The highest BCUT2D eigenvalue weighted by Gasteiger charge is 2.00. The molecule has 0 aliphatic carbocycles. The van der Waals surface area contributed by atoms with Crippen LogP contribution in [-0.4, -0.2) is 11.5 Å². The van der Waals surface area contributed by atoms with Gasteiger partial charge in [0.2, 0.25) is 0 Å². The van der Waals surface area contributed by atoms with Crippen molar-refractivity contribution in [3.8, 4) is 0 Å². The van der Waals surface area contributed by atoms with Crippen LogP contribution in [0.25, 0.3) is 0 Å². The highest BCUT2D eigenvalue weighted by Crippen LogP contribution is 1.80. The van der Waals surface area contributed by atoms with Crippen LogP contribution in [-0.2, 0) is 11.1 Å². The van der Waals surface area contributed by atoms with Gasteiger partial charge in [-0.15, -0.1) is 0 Å². The number of hydrogen-bond donors (Lipinski definition) is 1.